The molecule has 0 fully saturated rings. The molecule has 0 unspecified atom stereocenters. The van der Waals surface area contributed by atoms with E-state index in [1.807, 2.05) is 0 Å². The van der Waals surface area contributed by atoms with Crippen molar-refractivity contribution in [2.45, 2.75) is 4.90 Å². The molecule has 128 valence electrons. The van der Waals surface area contributed by atoms with Gasteiger partial charge in [-0.15, -0.1) is 0 Å². The van der Waals surface area contributed by atoms with Crippen LogP contribution in [0.15, 0.2) is 53.4 Å². The highest BCUT2D eigenvalue weighted by molar-refractivity contribution is 7.90. The Morgan fingerprint density at radius 3 is 2.21 bits per heavy atom. The lowest BCUT2D eigenvalue weighted by atomic mass is 10.2. The third kappa shape index (κ3) is 4.73. The SMILES string of the molecule is COc1ccc(OCCOC(=O)c2ccccc2S(C)(=O)=O)cc1. The molecule has 0 aliphatic heterocycles. The van der Waals surface area contributed by atoms with E-state index < -0.39 is 15.8 Å². The van der Waals surface area contributed by atoms with Crippen LogP contribution in [-0.4, -0.2) is 41.0 Å². The van der Waals surface area contributed by atoms with Crippen LogP contribution in [0.3, 0.4) is 0 Å². The molecule has 0 aromatic heterocycles. The number of hydrogen-bond donors (Lipinski definition) is 0. The minimum absolute atomic E-state index is 0.00294. The van der Waals surface area contributed by atoms with Crippen LogP contribution in [0.1, 0.15) is 10.4 Å². The van der Waals surface area contributed by atoms with Crippen LogP contribution in [0.5, 0.6) is 11.5 Å². The monoisotopic (exact) mass is 350 g/mol. The van der Waals surface area contributed by atoms with Crippen molar-refractivity contribution in [1.29, 1.82) is 0 Å². The summed E-state index contributed by atoms with van der Waals surface area (Å²) in [4.78, 5) is 12.0. The molecule has 0 heterocycles. The maximum atomic E-state index is 12.0. The van der Waals surface area contributed by atoms with Gasteiger partial charge in [0.15, 0.2) is 9.84 Å². The highest BCUT2D eigenvalue weighted by atomic mass is 32.2. The Labute approximate surface area is 140 Å². The van der Waals surface area contributed by atoms with E-state index in [4.69, 9.17) is 14.2 Å². The molecule has 0 aliphatic carbocycles. The van der Waals surface area contributed by atoms with Crippen molar-refractivity contribution in [3.05, 3.63) is 54.1 Å². The van der Waals surface area contributed by atoms with Gasteiger partial charge >= 0.3 is 5.97 Å². The first-order chi connectivity index (χ1) is 11.4. The van der Waals surface area contributed by atoms with Crippen molar-refractivity contribution in [2.24, 2.45) is 0 Å². The summed E-state index contributed by atoms with van der Waals surface area (Å²) >= 11 is 0. The Hall–Kier alpha value is -2.54. The molecule has 0 amide bonds. The van der Waals surface area contributed by atoms with Crippen molar-refractivity contribution >= 4 is 15.8 Å². The van der Waals surface area contributed by atoms with Crippen LogP contribution < -0.4 is 9.47 Å². The number of ether oxygens (including phenoxy) is 3. The Morgan fingerprint density at radius 1 is 0.958 bits per heavy atom. The summed E-state index contributed by atoms with van der Waals surface area (Å²) in [5, 5.41) is 0. The van der Waals surface area contributed by atoms with Crippen molar-refractivity contribution in [1.82, 2.24) is 0 Å². The maximum Gasteiger partial charge on any atom is 0.339 e. The molecule has 0 radical (unpaired) electrons. The van der Waals surface area contributed by atoms with Gasteiger partial charge in [0.05, 0.1) is 17.6 Å². The van der Waals surface area contributed by atoms with Gasteiger partial charge in [0.1, 0.15) is 24.7 Å². The van der Waals surface area contributed by atoms with Crippen LogP contribution in [0.2, 0.25) is 0 Å². The van der Waals surface area contributed by atoms with Crippen LogP contribution >= 0.6 is 0 Å². The first-order valence-electron chi connectivity index (χ1n) is 7.15. The molecule has 2 aromatic carbocycles. The zero-order chi connectivity index (χ0) is 17.6. The molecule has 0 N–H and O–H groups in total. The molecule has 24 heavy (non-hydrogen) atoms. The minimum atomic E-state index is -3.50. The standard InChI is InChI=1S/C17H18O6S/c1-21-13-7-9-14(10-8-13)22-11-12-23-17(18)15-5-3-4-6-16(15)24(2,19)20/h3-10H,11-12H2,1-2H3. The fourth-order valence-electron chi connectivity index (χ4n) is 2.00. The second-order valence-corrected chi connectivity index (χ2v) is 6.91. The zero-order valence-electron chi connectivity index (χ0n) is 13.4. The lowest BCUT2D eigenvalue weighted by Gasteiger charge is -2.10. The fourth-order valence-corrected chi connectivity index (χ4v) is 2.88. The van der Waals surface area contributed by atoms with E-state index in [1.54, 1.807) is 43.5 Å². The van der Waals surface area contributed by atoms with E-state index in [2.05, 4.69) is 0 Å². The second-order valence-electron chi connectivity index (χ2n) is 4.93. The lowest BCUT2D eigenvalue weighted by molar-refractivity contribution is 0.0446. The normalized spacial score (nSPS) is 10.9. The third-order valence-corrected chi connectivity index (χ3v) is 4.31. The number of hydrogen-bond acceptors (Lipinski definition) is 6. The first-order valence-corrected chi connectivity index (χ1v) is 9.04. The van der Waals surface area contributed by atoms with Gasteiger partial charge in [0.2, 0.25) is 0 Å². The molecule has 2 aromatic rings. The van der Waals surface area contributed by atoms with Crippen LogP contribution in [0.25, 0.3) is 0 Å². The molecular weight excluding hydrogens is 332 g/mol. The number of rotatable bonds is 7. The predicted molar refractivity (Wildman–Crippen MR) is 88.3 cm³/mol. The Balaban J connectivity index is 1.90. The first kappa shape index (κ1) is 17.8. The summed E-state index contributed by atoms with van der Waals surface area (Å²) in [5.74, 6) is 0.629. The highest BCUT2D eigenvalue weighted by Crippen LogP contribution is 2.18. The molecule has 2 rings (SSSR count). The van der Waals surface area contributed by atoms with Crippen LogP contribution in [0, 0.1) is 0 Å². The molecule has 0 bridgehead atoms. The summed E-state index contributed by atoms with van der Waals surface area (Å²) in [7, 11) is -1.93. The smallest absolute Gasteiger partial charge is 0.339 e. The molecule has 0 aliphatic rings. The van der Waals surface area contributed by atoms with E-state index >= 15 is 0 Å². The maximum absolute atomic E-state index is 12.0. The van der Waals surface area contributed by atoms with E-state index in [0.717, 1.165) is 6.26 Å². The molecule has 6 nitrogen and oxygen atoms in total. The number of carbonyl (C=O) groups excluding carboxylic acids is 1. The average molecular weight is 350 g/mol. The minimum Gasteiger partial charge on any atom is -0.497 e. The van der Waals surface area contributed by atoms with E-state index in [-0.39, 0.29) is 23.7 Å². The number of esters is 1. The highest BCUT2D eigenvalue weighted by Gasteiger charge is 2.19. The van der Waals surface area contributed by atoms with Gasteiger partial charge in [0.25, 0.3) is 0 Å². The second kappa shape index (κ2) is 7.83. The number of carbonyl (C=O) groups is 1. The number of benzene rings is 2. The largest absolute Gasteiger partial charge is 0.497 e. The van der Waals surface area contributed by atoms with Crippen molar-refractivity contribution in [2.75, 3.05) is 26.6 Å². The van der Waals surface area contributed by atoms with Crippen LogP contribution in [-0.2, 0) is 14.6 Å². The molecule has 0 saturated heterocycles. The third-order valence-electron chi connectivity index (χ3n) is 3.15. The molecule has 0 spiro atoms. The molecular formula is C17H18O6S. The predicted octanol–water partition coefficient (Wildman–Crippen LogP) is 2.33. The number of methoxy groups -OCH3 is 1. The quantitative estimate of drug-likeness (QED) is 0.563. The van der Waals surface area contributed by atoms with E-state index in [9.17, 15) is 13.2 Å². The van der Waals surface area contributed by atoms with Gasteiger partial charge < -0.3 is 14.2 Å². The Kier molecular flexibility index (Phi) is 5.81. The van der Waals surface area contributed by atoms with Gasteiger partial charge in [-0.1, -0.05) is 12.1 Å². The molecule has 0 atom stereocenters. The fraction of sp³-hybridized carbons (Fsp3) is 0.235. The van der Waals surface area contributed by atoms with Crippen molar-refractivity contribution in [3.8, 4) is 11.5 Å². The zero-order valence-corrected chi connectivity index (χ0v) is 14.2. The van der Waals surface area contributed by atoms with E-state index in [0.29, 0.717) is 11.5 Å². The summed E-state index contributed by atoms with van der Waals surface area (Å²) in [5.41, 5.74) is 0.0180. The summed E-state index contributed by atoms with van der Waals surface area (Å²) in [6.45, 7) is 0.155. The topological polar surface area (TPSA) is 78.9 Å². The summed E-state index contributed by atoms with van der Waals surface area (Å²) in [6, 6.07) is 12.9. The Morgan fingerprint density at radius 2 is 1.58 bits per heavy atom. The average Bonchev–Trinajstić information content (AvgIpc) is 2.58. The number of sulfone groups is 1. The van der Waals surface area contributed by atoms with Gasteiger partial charge in [-0.2, -0.15) is 0 Å². The molecule has 0 saturated carbocycles. The Bertz CT molecular complexity index is 796. The summed E-state index contributed by atoms with van der Waals surface area (Å²) < 4.78 is 38.9. The van der Waals surface area contributed by atoms with Gasteiger partial charge in [-0.25, -0.2) is 13.2 Å². The van der Waals surface area contributed by atoms with Crippen LogP contribution in [0.4, 0.5) is 0 Å². The van der Waals surface area contributed by atoms with Gasteiger partial charge in [-0.05, 0) is 36.4 Å². The van der Waals surface area contributed by atoms with E-state index in [1.165, 1.54) is 12.1 Å². The molecule has 7 heteroatoms. The van der Waals surface area contributed by atoms with Crippen molar-refractivity contribution in [3.63, 3.8) is 0 Å². The van der Waals surface area contributed by atoms with Gasteiger partial charge in [0, 0.05) is 6.26 Å². The van der Waals surface area contributed by atoms with Crippen molar-refractivity contribution < 1.29 is 27.4 Å². The summed E-state index contributed by atoms with van der Waals surface area (Å²) in [6.07, 6.45) is 1.05. The van der Waals surface area contributed by atoms with Gasteiger partial charge in [-0.3, -0.25) is 0 Å². The lowest BCUT2D eigenvalue weighted by Crippen LogP contribution is -2.15.